The first-order valence-corrected chi connectivity index (χ1v) is 11.0. The van der Waals surface area contributed by atoms with E-state index in [-0.39, 0.29) is 22.6 Å². The largest absolute Gasteiger partial charge is 0.459 e. The first-order valence-electron chi connectivity index (χ1n) is 9.45. The topological polar surface area (TPSA) is 53.8 Å². The summed E-state index contributed by atoms with van der Waals surface area (Å²) in [6, 6.07) is 12.1. The van der Waals surface area contributed by atoms with Gasteiger partial charge in [0.1, 0.15) is 17.4 Å². The van der Waals surface area contributed by atoms with E-state index in [1.54, 1.807) is 16.7 Å². The van der Waals surface area contributed by atoms with Crippen LogP contribution < -0.4 is 0 Å². The first kappa shape index (κ1) is 19.4. The average Bonchev–Trinajstić information content (AvgIpc) is 3.30. The van der Waals surface area contributed by atoms with Gasteiger partial charge in [-0.2, -0.15) is 0 Å². The van der Waals surface area contributed by atoms with E-state index in [9.17, 15) is 9.59 Å². The third-order valence-corrected chi connectivity index (χ3v) is 7.37. The molecule has 0 radical (unpaired) electrons. The standard InChI is InChI=1S/C21H23ClN2O3S/c1-15-2-4-16(5-3-15)18-7-6-17(27-18)13-24-20(26)14-28-21(24)8-10-23(11-9-21)19(25)12-22/h2-7H,8-14H2,1H3. The molecule has 2 saturated heterocycles. The van der Waals surface area contributed by atoms with Gasteiger partial charge in [-0.1, -0.05) is 29.8 Å². The van der Waals surface area contributed by atoms with Crippen molar-refractivity contribution >= 4 is 35.2 Å². The second kappa shape index (κ2) is 7.84. The molecular weight excluding hydrogens is 396 g/mol. The molecule has 7 heteroatoms. The predicted molar refractivity (Wildman–Crippen MR) is 111 cm³/mol. The zero-order chi connectivity index (χ0) is 19.7. The molecule has 4 rings (SSSR count). The number of alkyl halides is 1. The molecule has 5 nitrogen and oxygen atoms in total. The molecule has 28 heavy (non-hydrogen) atoms. The third-order valence-electron chi connectivity index (χ3n) is 5.58. The number of halogens is 1. The molecule has 0 unspecified atom stereocenters. The summed E-state index contributed by atoms with van der Waals surface area (Å²) in [7, 11) is 0. The van der Waals surface area contributed by atoms with Gasteiger partial charge in [-0.3, -0.25) is 9.59 Å². The number of carbonyl (C=O) groups excluding carboxylic acids is 2. The van der Waals surface area contributed by atoms with Crippen molar-refractivity contribution < 1.29 is 14.0 Å². The van der Waals surface area contributed by atoms with Crippen molar-refractivity contribution in [3.63, 3.8) is 0 Å². The molecule has 148 valence electrons. The van der Waals surface area contributed by atoms with Crippen LogP contribution in [-0.4, -0.2) is 51.2 Å². The van der Waals surface area contributed by atoms with Crippen molar-refractivity contribution in [2.75, 3.05) is 24.7 Å². The molecule has 0 N–H and O–H groups in total. The van der Waals surface area contributed by atoms with Crippen LogP contribution in [0.25, 0.3) is 11.3 Å². The maximum Gasteiger partial charge on any atom is 0.237 e. The van der Waals surface area contributed by atoms with Gasteiger partial charge in [0.15, 0.2) is 0 Å². The fraction of sp³-hybridized carbons (Fsp3) is 0.429. The highest BCUT2D eigenvalue weighted by Gasteiger charge is 2.48. The molecule has 2 aliphatic heterocycles. The second-order valence-corrected chi connectivity index (χ2v) is 8.97. The smallest absolute Gasteiger partial charge is 0.237 e. The van der Waals surface area contributed by atoms with Gasteiger partial charge in [0.05, 0.1) is 17.2 Å². The van der Waals surface area contributed by atoms with Crippen molar-refractivity contribution in [2.24, 2.45) is 0 Å². The van der Waals surface area contributed by atoms with Crippen LogP contribution in [0.4, 0.5) is 0 Å². The number of furan rings is 1. The van der Waals surface area contributed by atoms with Crippen LogP contribution in [0.3, 0.4) is 0 Å². The maximum atomic E-state index is 12.6. The van der Waals surface area contributed by atoms with Crippen LogP contribution in [-0.2, 0) is 16.1 Å². The summed E-state index contributed by atoms with van der Waals surface area (Å²) < 4.78 is 6.05. The Kier molecular flexibility index (Phi) is 5.43. The fourth-order valence-corrected chi connectivity index (χ4v) is 5.42. The summed E-state index contributed by atoms with van der Waals surface area (Å²) in [6.07, 6.45) is 1.52. The minimum atomic E-state index is -0.253. The number of nitrogens with zero attached hydrogens (tertiary/aromatic N) is 2. The van der Waals surface area contributed by atoms with Gasteiger partial charge in [0.2, 0.25) is 11.8 Å². The lowest BCUT2D eigenvalue weighted by Crippen LogP contribution is -2.52. The van der Waals surface area contributed by atoms with Crippen LogP contribution in [0.15, 0.2) is 40.8 Å². The van der Waals surface area contributed by atoms with Gasteiger partial charge in [0.25, 0.3) is 0 Å². The Morgan fingerprint density at radius 1 is 1.18 bits per heavy atom. The monoisotopic (exact) mass is 418 g/mol. The summed E-state index contributed by atoms with van der Waals surface area (Å²) in [4.78, 5) is 27.9. The number of hydrogen-bond donors (Lipinski definition) is 0. The third kappa shape index (κ3) is 3.67. The SMILES string of the molecule is Cc1ccc(-c2ccc(CN3C(=O)CSC34CCN(C(=O)CCl)CC4)o2)cc1. The summed E-state index contributed by atoms with van der Waals surface area (Å²) in [6.45, 7) is 3.78. The van der Waals surface area contributed by atoms with Gasteiger partial charge in [-0.25, -0.2) is 0 Å². The van der Waals surface area contributed by atoms with Gasteiger partial charge >= 0.3 is 0 Å². The highest BCUT2D eigenvalue weighted by Crippen LogP contribution is 2.45. The summed E-state index contributed by atoms with van der Waals surface area (Å²) >= 11 is 7.37. The average molecular weight is 419 g/mol. The molecule has 2 aliphatic rings. The minimum Gasteiger partial charge on any atom is -0.459 e. The first-order chi connectivity index (χ1) is 13.5. The minimum absolute atomic E-state index is 0.0109. The molecule has 3 heterocycles. The molecule has 1 aromatic heterocycles. The van der Waals surface area contributed by atoms with E-state index in [0.717, 1.165) is 29.9 Å². The van der Waals surface area contributed by atoms with Gasteiger partial charge in [-0.05, 0) is 31.9 Å². The maximum absolute atomic E-state index is 12.6. The van der Waals surface area contributed by atoms with Crippen molar-refractivity contribution in [1.82, 2.24) is 9.80 Å². The zero-order valence-electron chi connectivity index (χ0n) is 15.8. The number of carbonyl (C=O) groups is 2. The number of benzene rings is 1. The molecular formula is C21H23ClN2O3S. The van der Waals surface area contributed by atoms with Gasteiger partial charge < -0.3 is 14.2 Å². The number of piperidine rings is 1. The van der Waals surface area contributed by atoms with Crippen LogP contribution in [0.1, 0.15) is 24.2 Å². The van der Waals surface area contributed by atoms with Crippen molar-refractivity contribution in [3.8, 4) is 11.3 Å². The summed E-state index contributed by atoms with van der Waals surface area (Å²) in [5.74, 6) is 2.18. The fourth-order valence-electron chi connectivity index (χ4n) is 3.91. The number of hydrogen-bond acceptors (Lipinski definition) is 4. The molecule has 0 atom stereocenters. The van der Waals surface area contributed by atoms with Crippen LogP contribution in [0.2, 0.25) is 0 Å². The molecule has 2 aromatic rings. The Morgan fingerprint density at radius 2 is 1.89 bits per heavy atom. The van der Waals surface area contributed by atoms with Gasteiger partial charge in [-0.15, -0.1) is 23.4 Å². The second-order valence-electron chi connectivity index (χ2n) is 7.36. The number of likely N-dealkylation sites (tertiary alicyclic amines) is 1. The number of rotatable bonds is 4. The van der Waals surface area contributed by atoms with E-state index < -0.39 is 0 Å². The van der Waals surface area contributed by atoms with Crippen molar-refractivity contribution in [1.29, 1.82) is 0 Å². The lowest BCUT2D eigenvalue weighted by Gasteiger charge is -2.43. The predicted octanol–water partition coefficient (Wildman–Crippen LogP) is 3.89. The van der Waals surface area contributed by atoms with Gasteiger partial charge in [0, 0.05) is 18.7 Å². The highest BCUT2D eigenvalue weighted by molar-refractivity contribution is 8.01. The highest BCUT2D eigenvalue weighted by atomic mass is 35.5. The van der Waals surface area contributed by atoms with Crippen molar-refractivity contribution in [3.05, 3.63) is 47.7 Å². The Balaban J connectivity index is 1.48. The van der Waals surface area contributed by atoms with E-state index >= 15 is 0 Å². The van der Waals surface area contributed by atoms with E-state index in [0.29, 0.717) is 25.4 Å². The number of thioether (sulfide) groups is 1. The summed E-state index contributed by atoms with van der Waals surface area (Å²) in [5.41, 5.74) is 2.23. The number of amides is 2. The lowest BCUT2D eigenvalue weighted by atomic mass is 10.0. The quantitative estimate of drug-likeness (QED) is 0.707. The van der Waals surface area contributed by atoms with Crippen LogP contribution >= 0.6 is 23.4 Å². The normalized spacial score (nSPS) is 18.9. The molecule has 1 spiro atoms. The molecule has 0 saturated carbocycles. The number of aryl methyl sites for hydroxylation is 1. The van der Waals surface area contributed by atoms with E-state index in [1.807, 2.05) is 29.2 Å². The van der Waals surface area contributed by atoms with Crippen LogP contribution in [0.5, 0.6) is 0 Å². The lowest BCUT2D eigenvalue weighted by molar-refractivity contribution is -0.134. The van der Waals surface area contributed by atoms with E-state index in [1.165, 1.54) is 5.56 Å². The summed E-state index contributed by atoms with van der Waals surface area (Å²) in [5, 5.41) is 0. The van der Waals surface area contributed by atoms with E-state index in [4.69, 9.17) is 16.0 Å². The molecule has 2 fully saturated rings. The Bertz CT molecular complexity index is 872. The molecule has 0 aliphatic carbocycles. The Hall–Kier alpha value is -1.92. The Labute approximate surface area is 174 Å². The molecule has 1 aromatic carbocycles. The molecule has 2 amide bonds. The molecule has 0 bridgehead atoms. The van der Waals surface area contributed by atoms with Crippen LogP contribution in [0, 0.1) is 6.92 Å². The van der Waals surface area contributed by atoms with E-state index in [2.05, 4.69) is 19.1 Å². The Morgan fingerprint density at radius 3 is 2.57 bits per heavy atom. The van der Waals surface area contributed by atoms with Crippen molar-refractivity contribution in [2.45, 2.75) is 31.2 Å². The zero-order valence-corrected chi connectivity index (χ0v) is 17.4.